The topological polar surface area (TPSA) is 52.6 Å². The number of aromatic nitrogens is 1. The highest BCUT2D eigenvalue weighted by molar-refractivity contribution is 14.0. The van der Waals surface area contributed by atoms with Crippen molar-refractivity contribution in [2.75, 3.05) is 31.1 Å². The lowest BCUT2D eigenvalue weighted by Gasteiger charge is -2.27. The quantitative estimate of drug-likeness (QED) is 0.268. The molecule has 0 radical (unpaired) electrons. The van der Waals surface area contributed by atoms with E-state index in [0.717, 1.165) is 38.0 Å². The summed E-state index contributed by atoms with van der Waals surface area (Å²) in [6.45, 7) is 9.13. The van der Waals surface area contributed by atoms with E-state index in [4.69, 9.17) is 4.99 Å². The van der Waals surface area contributed by atoms with Crippen molar-refractivity contribution in [1.82, 2.24) is 15.6 Å². The fourth-order valence-corrected chi connectivity index (χ4v) is 2.95. The number of guanidine groups is 1. The monoisotopic (exact) mass is 459 g/mol. The number of unbranched alkanes of at least 4 members (excludes halogenated alkanes) is 2. The summed E-state index contributed by atoms with van der Waals surface area (Å²) < 4.78 is 0. The van der Waals surface area contributed by atoms with Crippen LogP contribution in [-0.2, 0) is 6.54 Å². The van der Waals surface area contributed by atoms with Crippen molar-refractivity contribution < 1.29 is 0 Å². The molecular formula is C19H34IN5. The highest BCUT2D eigenvalue weighted by Gasteiger charge is 2.12. The lowest BCUT2D eigenvalue weighted by Crippen LogP contribution is -2.37. The van der Waals surface area contributed by atoms with Crippen molar-refractivity contribution in [3.63, 3.8) is 0 Å². The average Bonchev–Trinajstić information content (AvgIpc) is 2.64. The van der Waals surface area contributed by atoms with Crippen molar-refractivity contribution in [1.29, 1.82) is 0 Å². The third-order valence-electron chi connectivity index (χ3n) is 4.33. The standard InChI is InChI=1S/C19H33N5.HI/c1-3-5-7-11-22-19(20-4-2)23-16-17-10-12-21-18(15-17)24-13-8-6-9-14-24;/h10,12,15H,3-9,11,13-14,16H2,1-2H3,(H2,20,22,23);1H. The maximum atomic E-state index is 4.72. The number of nitrogens with one attached hydrogen (secondary N) is 2. The molecule has 0 unspecified atom stereocenters. The van der Waals surface area contributed by atoms with E-state index >= 15 is 0 Å². The predicted molar refractivity (Wildman–Crippen MR) is 118 cm³/mol. The van der Waals surface area contributed by atoms with Crippen LogP contribution in [0.25, 0.3) is 0 Å². The third-order valence-corrected chi connectivity index (χ3v) is 4.33. The minimum atomic E-state index is 0. The van der Waals surface area contributed by atoms with Gasteiger partial charge in [-0.25, -0.2) is 9.98 Å². The van der Waals surface area contributed by atoms with Gasteiger partial charge >= 0.3 is 0 Å². The number of anilines is 1. The Labute approximate surface area is 170 Å². The van der Waals surface area contributed by atoms with Crippen LogP contribution < -0.4 is 15.5 Å². The number of halogens is 1. The van der Waals surface area contributed by atoms with Gasteiger partial charge < -0.3 is 15.5 Å². The molecule has 1 fully saturated rings. The third kappa shape index (κ3) is 8.25. The molecule has 1 saturated heterocycles. The lowest BCUT2D eigenvalue weighted by molar-refractivity contribution is 0.573. The maximum Gasteiger partial charge on any atom is 0.191 e. The minimum absolute atomic E-state index is 0. The van der Waals surface area contributed by atoms with Gasteiger partial charge in [0.2, 0.25) is 0 Å². The molecule has 2 rings (SSSR count). The van der Waals surface area contributed by atoms with E-state index in [2.05, 4.69) is 46.5 Å². The first-order chi connectivity index (χ1) is 11.8. The second kappa shape index (κ2) is 13.2. The van der Waals surface area contributed by atoms with Gasteiger partial charge in [0.25, 0.3) is 0 Å². The van der Waals surface area contributed by atoms with Crippen molar-refractivity contribution >= 4 is 35.8 Å². The molecule has 0 amide bonds. The summed E-state index contributed by atoms with van der Waals surface area (Å²) in [7, 11) is 0. The van der Waals surface area contributed by atoms with E-state index in [1.807, 2.05) is 6.20 Å². The molecule has 0 atom stereocenters. The Morgan fingerprint density at radius 2 is 1.96 bits per heavy atom. The molecule has 25 heavy (non-hydrogen) atoms. The number of hydrogen-bond acceptors (Lipinski definition) is 3. The van der Waals surface area contributed by atoms with E-state index in [9.17, 15) is 0 Å². The second-order valence-corrected chi connectivity index (χ2v) is 6.40. The molecule has 1 aromatic rings. The van der Waals surface area contributed by atoms with Gasteiger partial charge in [-0.3, -0.25) is 0 Å². The van der Waals surface area contributed by atoms with Crippen LogP contribution in [0.15, 0.2) is 23.3 Å². The zero-order chi connectivity index (χ0) is 17.0. The zero-order valence-electron chi connectivity index (χ0n) is 15.8. The summed E-state index contributed by atoms with van der Waals surface area (Å²) in [6.07, 6.45) is 9.50. The van der Waals surface area contributed by atoms with Gasteiger partial charge in [0.15, 0.2) is 5.96 Å². The van der Waals surface area contributed by atoms with Gasteiger partial charge in [-0.05, 0) is 50.3 Å². The Bertz CT molecular complexity index is 500. The average molecular weight is 459 g/mol. The van der Waals surface area contributed by atoms with Crippen molar-refractivity contribution in [3.05, 3.63) is 23.9 Å². The Kier molecular flexibility index (Phi) is 11.6. The first-order valence-corrected chi connectivity index (χ1v) is 9.55. The molecule has 0 spiro atoms. The maximum absolute atomic E-state index is 4.72. The Hall–Kier alpha value is -1.05. The second-order valence-electron chi connectivity index (χ2n) is 6.40. The summed E-state index contributed by atoms with van der Waals surface area (Å²) in [5.41, 5.74) is 1.22. The molecule has 1 aliphatic rings. The summed E-state index contributed by atoms with van der Waals surface area (Å²) in [5.74, 6) is 2.01. The molecule has 0 saturated carbocycles. The first kappa shape index (κ1) is 22.0. The van der Waals surface area contributed by atoms with Gasteiger partial charge in [-0.1, -0.05) is 19.8 Å². The van der Waals surface area contributed by atoms with Crippen LogP contribution in [0.2, 0.25) is 0 Å². The van der Waals surface area contributed by atoms with E-state index in [0.29, 0.717) is 6.54 Å². The van der Waals surface area contributed by atoms with E-state index in [-0.39, 0.29) is 24.0 Å². The number of pyridine rings is 1. The lowest BCUT2D eigenvalue weighted by atomic mass is 10.1. The fraction of sp³-hybridized carbons (Fsp3) is 0.684. The van der Waals surface area contributed by atoms with Gasteiger partial charge in [0.1, 0.15) is 5.82 Å². The number of nitrogens with zero attached hydrogens (tertiary/aromatic N) is 3. The van der Waals surface area contributed by atoms with Gasteiger partial charge in [0.05, 0.1) is 6.54 Å². The number of rotatable bonds is 8. The van der Waals surface area contributed by atoms with E-state index in [1.54, 1.807) is 0 Å². The molecule has 6 heteroatoms. The molecule has 0 aliphatic carbocycles. The Morgan fingerprint density at radius 3 is 2.68 bits per heavy atom. The van der Waals surface area contributed by atoms with Crippen molar-refractivity contribution in [2.45, 2.75) is 58.9 Å². The van der Waals surface area contributed by atoms with Crippen LogP contribution >= 0.6 is 24.0 Å². The highest BCUT2D eigenvalue weighted by atomic mass is 127. The van der Waals surface area contributed by atoms with Gasteiger partial charge in [-0.2, -0.15) is 0 Å². The summed E-state index contributed by atoms with van der Waals surface area (Å²) in [4.78, 5) is 11.7. The molecule has 2 N–H and O–H groups in total. The number of hydrogen-bond donors (Lipinski definition) is 2. The van der Waals surface area contributed by atoms with Crippen LogP contribution in [0.1, 0.15) is 57.9 Å². The van der Waals surface area contributed by atoms with E-state index < -0.39 is 0 Å². The summed E-state index contributed by atoms with van der Waals surface area (Å²) in [6, 6.07) is 4.26. The van der Waals surface area contributed by atoms with Crippen LogP contribution in [0.3, 0.4) is 0 Å². The van der Waals surface area contributed by atoms with Crippen LogP contribution in [0.4, 0.5) is 5.82 Å². The van der Waals surface area contributed by atoms with Crippen molar-refractivity contribution in [3.8, 4) is 0 Å². The van der Waals surface area contributed by atoms with Gasteiger partial charge in [0, 0.05) is 32.4 Å². The van der Waals surface area contributed by atoms with Gasteiger partial charge in [-0.15, -0.1) is 24.0 Å². The molecule has 5 nitrogen and oxygen atoms in total. The van der Waals surface area contributed by atoms with E-state index in [1.165, 1.54) is 44.1 Å². The Morgan fingerprint density at radius 1 is 1.16 bits per heavy atom. The predicted octanol–water partition coefficient (Wildman–Crippen LogP) is 3.94. The highest BCUT2D eigenvalue weighted by Crippen LogP contribution is 2.18. The molecule has 0 bridgehead atoms. The molecule has 142 valence electrons. The smallest absolute Gasteiger partial charge is 0.191 e. The summed E-state index contributed by atoms with van der Waals surface area (Å²) in [5, 5.41) is 6.74. The first-order valence-electron chi connectivity index (χ1n) is 9.55. The molecule has 1 aliphatic heterocycles. The van der Waals surface area contributed by atoms with Crippen LogP contribution in [0.5, 0.6) is 0 Å². The zero-order valence-corrected chi connectivity index (χ0v) is 18.1. The molecule has 1 aromatic heterocycles. The minimum Gasteiger partial charge on any atom is -0.357 e. The van der Waals surface area contributed by atoms with Crippen LogP contribution in [0, 0.1) is 0 Å². The number of piperidine rings is 1. The van der Waals surface area contributed by atoms with Crippen LogP contribution in [-0.4, -0.2) is 37.1 Å². The largest absolute Gasteiger partial charge is 0.357 e. The number of aliphatic imine (C=N–C) groups is 1. The normalized spacial score (nSPS) is 14.8. The SMILES string of the molecule is CCCCCNC(=NCc1ccnc(N2CCCCC2)c1)NCC.I. The van der Waals surface area contributed by atoms with Crippen molar-refractivity contribution in [2.24, 2.45) is 4.99 Å². The summed E-state index contributed by atoms with van der Waals surface area (Å²) >= 11 is 0. The fourth-order valence-electron chi connectivity index (χ4n) is 2.95. The molecule has 0 aromatic carbocycles. The Balaban J connectivity index is 0.00000312. The molecule has 2 heterocycles. The molecular weight excluding hydrogens is 425 g/mol.